The summed E-state index contributed by atoms with van der Waals surface area (Å²) in [6.07, 6.45) is 3.36. The summed E-state index contributed by atoms with van der Waals surface area (Å²) in [6.45, 7) is 0.530. The lowest BCUT2D eigenvalue weighted by Crippen LogP contribution is -2.44. The molecule has 1 heterocycles. The Hall–Kier alpha value is -2.60. The Bertz CT molecular complexity index is 852. The predicted octanol–water partition coefficient (Wildman–Crippen LogP) is 2.32. The minimum Gasteiger partial charge on any atom is -0.496 e. The zero-order valence-corrected chi connectivity index (χ0v) is 16.3. The van der Waals surface area contributed by atoms with Crippen molar-refractivity contribution in [3.8, 4) is 5.75 Å². The number of hydrogen-bond donors (Lipinski definition) is 3. The molecule has 6 nitrogen and oxygen atoms in total. The summed E-state index contributed by atoms with van der Waals surface area (Å²) in [4.78, 5) is 24.1. The summed E-state index contributed by atoms with van der Waals surface area (Å²) in [6, 6.07) is 12.1. The summed E-state index contributed by atoms with van der Waals surface area (Å²) in [5, 5.41) is 16.9. The molecule has 2 aromatic rings. The van der Waals surface area contributed by atoms with Gasteiger partial charge in [0.1, 0.15) is 5.75 Å². The van der Waals surface area contributed by atoms with Crippen LogP contribution in [-0.2, 0) is 16.0 Å². The van der Waals surface area contributed by atoms with Crippen LogP contribution in [0.15, 0.2) is 36.4 Å². The van der Waals surface area contributed by atoms with Gasteiger partial charge < -0.3 is 20.5 Å². The second-order valence-corrected chi connectivity index (χ2v) is 7.40. The van der Waals surface area contributed by atoms with Crippen LogP contribution in [0, 0.1) is 0 Å². The number of aliphatic hydroxyl groups excluding tert-OH is 1. The highest BCUT2D eigenvalue weighted by Gasteiger charge is 2.38. The number of ether oxygens (including phenoxy) is 1. The second kappa shape index (κ2) is 9.06. The van der Waals surface area contributed by atoms with Gasteiger partial charge in [0.2, 0.25) is 11.8 Å². The van der Waals surface area contributed by atoms with Crippen molar-refractivity contribution in [1.29, 1.82) is 0 Å². The number of hydrogen-bond acceptors (Lipinski definition) is 4. The number of carbonyl (C=O) groups is 2. The third-order valence-electron chi connectivity index (χ3n) is 5.45. The van der Waals surface area contributed by atoms with E-state index in [1.807, 2.05) is 24.3 Å². The molecule has 1 atom stereocenters. The summed E-state index contributed by atoms with van der Waals surface area (Å²) < 4.78 is 5.48. The van der Waals surface area contributed by atoms with E-state index in [1.54, 1.807) is 7.11 Å². The number of benzene rings is 2. The number of nitrogens with one attached hydrogen (secondary N) is 2. The van der Waals surface area contributed by atoms with E-state index in [9.17, 15) is 9.59 Å². The van der Waals surface area contributed by atoms with Crippen molar-refractivity contribution in [2.24, 2.45) is 0 Å². The number of methoxy groups -OCH3 is 1. The Labute approximate surface area is 165 Å². The molecule has 0 bridgehead atoms. The van der Waals surface area contributed by atoms with Crippen LogP contribution < -0.4 is 15.4 Å². The second-order valence-electron chi connectivity index (χ2n) is 7.40. The van der Waals surface area contributed by atoms with Crippen molar-refractivity contribution in [2.45, 2.75) is 44.1 Å². The first-order valence-corrected chi connectivity index (χ1v) is 9.80. The maximum absolute atomic E-state index is 12.1. The zero-order chi connectivity index (χ0) is 20.0. The third-order valence-corrected chi connectivity index (χ3v) is 5.45. The monoisotopic (exact) mass is 384 g/mol. The van der Waals surface area contributed by atoms with Crippen LogP contribution in [0.25, 0.3) is 10.8 Å². The Morgan fingerprint density at radius 2 is 2.04 bits per heavy atom. The van der Waals surface area contributed by atoms with Gasteiger partial charge in [-0.05, 0) is 42.7 Å². The highest BCUT2D eigenvalue weighted by atomic mass is 16.5. The first-order valence-electron chi connectivity index (χ1n) is 9.80. The largest absolute Gasteiger partial charge is 0.496 e. The fraction of sp³-hybridized carbons (Fsp3) is 0.455. The summed E-state index contributed by atoms with van der Waals surface area (Å²) in [7, 11) is 1.66. The fourth-order valence-corrected chi connectivity index (χ4v) is 3.96. The van der Waals surface area contributed by atoms with Gasteiger partial charge in [-0.1, -0.05) is 30.3 Å². The minimum absolute atomic E-state index is 0.0403. The lowest BCUT2D eigenvalue weighted by molar-refractivity contribution is -0.122. The van der Waals surface area contributed by atoms with E-state index < -0.39 is 5.54 Å². The molecule has 0 aromatic heterocycles. The number of aliphatic hydroxyl groups is 1. The zero-order valence-electron chi connectivity index (χ0n) is 16.3. The Morgan fingerprint density at radius 3 is 2.71 bits per heavy atom. The Kier molecular flexibility index (Phi) is 6.52. The molecule has 1 aliphatic heterocycles. The molecule has 0 saturated carbocycles. The maximum Gasteiger partial charge on any atom is 0.220 e. The fourth-order valence-electron chi connectivity index (χ4n) is 3.96. The molecule has 0 aliphatic carbocycles. The van der Waals surface area contributed by atoms with Gasteiger partial charge in [0.25, 0.3) is 0 Å². The van der Waals surface area contributed by atoms with E-state index in [4.69, 9.17) is 9.84 Å². The van der Waals surface area contributed by atoms with Crippen molar-refractivity contribution in [3.63, 3.8) is 0 Å². The predicted molar refractivity (Wildman–Crippen MR) is 108 cm³/mol. The van der Waals surface area contributed by atoms with Gasteiger partial charge in [0.15, 0.2) is 0 Å². The summed E-state index contributed by atoms with van der Waals surface area (Å²) in [5.41, 5.74) is 0.724. The first kappa shape index (κ1) is 20.1. The number of fused-ring (bicyclic) bond motifs is 1. The van der Waals surface area contributed by atoms with Gasteiger partial charge in [0.05, 0.1) is 7.11 Å². The molecule has 1 fully saturated rings. The highest BCUT2D eigenvalue weighted by Crippen LogP contribution is 2.34. The lowest BCUT2D eigenvalue weighted by Gasteiger charge is -2.30. The molecule has 150 valence electrons. The van der Waals surface area contributed by atoms with Crippen LogP contribution in [0.5, 0.6) is 5.75 Å². The quantitative estimate of drug-likeness (QED) is 0.579. The van der Waals surface area contributed by atoms with Crippen molar-refractivity contribution < 1.29 is 19.4 Å². The van der Waals surface area contributed by atoms with Gasteiger partial charge in [0, 0.05) is 36.9 Å². The van der Waals surface area contributed by atoms with E-state index >= 15 is 0 Å². The number of carbonyl (C=O) groups excluding carboxylic acids is 2. The summed E-state index contributed by atoms with van der Waals surface area (Å²) in [5.74, 6) is 0.819. The highest BCUT2D eigenvalue weighted by molar-refractivity contribution is 5.91. The van der Waals surface area contributed by atoms with Crippen LogP contribution >= 0.6 is 0 Å². The first-order chi connectivity index (χ1) is 13.6. The van der Waals surface area contributed by atoms with Gasteiger partial charge in [-0.15, -0.1) is 0 Å². The van der Waals surface area contributed by atoms with E-state index in [-0.39, 0.29) is 18.4 Å². The molecule has 3 N–H and O–H groups in total. The molecule has 0 unspecified atom stereocenters. The van der Waals surface area contributed by atoms with Crippen molar-refractivity contribution in [2.75, 3.05) is 20.3 Å². The SMILES string of the molecule is COc1ccc(C[C@@]2(CCC(=O)NCCCO)CCC(=O)N2)c2ccccc12. The Balaban J connectivity index is 1.79. The minimum atomic E-state index is -0.414. The number of rotatable bonds is 9. The standard InChI is InChI=1S/C22H28N2O4/c1-28-19-8-7-16(17-5-2-3-6-18(17)19)15-22(12-10-21(27)24-22)11-9-20(26)23-13-4-14-25/h2-3,5-8,25H,4,9-15H2,1H3,(H,23,26)(H,24,27)/t22-/m1/s1. The van der Waals surface area contributed by atoms with E-state index in [1.165, 1.54) is 0 Å². The van der Waals surface area contributed by atoms with Crippen LogP contribution in [0.3, 0.4) is 0 Å². The maximum atomic E-state index is 12.1. The van der Waals surface area contributed by atoms with Crippen LogP contribution in [0.4, 0.5) is 0 Å². The van der Waals surface area contributed by atoms with Gasteiger partial charge in [-0.3, -0.25) is 9.59 Å². The van der Waals surface area contributed by atoms with Crippen LogP contribution in [0.1, 0.15) is 37.7 Å². The molecule has 0 spiro atoms. The smallest absolute Gasteiger partial charge is 0.220 e. The van der Waals surface area contributed by atoms with E-state index in [0.29, 0.717) is 38.6 Å². The Morgan fingerprint density at radius 1 is 1.25 bits per heavy atom. The topological polar surface area (TPSA) is 87.7 Å². The lowest BCUT2D eigenvalue weighted by atomic mass is 9.83. The van der Waals surface area contributed by atoms with Gasteiger partial charge in [-0.25, -0.2) is 0 Å². The molecule has 3 rings (SSSR count). The molecule has 28 heavy (non-hydrogen) atoms. The molecule has 2 aromatic carbocycles. The van der Waals surface area contributed by atoms with Crippen molar-refractivity contribution >= 4 is 22.6 Å². The van der Waals surface area contributed by atoms with E-state index in [2.05, 4.69) is 22.8 Å². The molecule has 1 saturated heterocycles. The van der Waals surface area contributed by atoms with E-state index in [0.717, 1.165) is 28.5 Å². The number of amides is 2. The molecule has 2 amide bonds. The van der Waals surface area contributed by atoms with Crippen LogP contribution in [0.2, 0.25) is 0 Å². The van der Waals surface area contributed by atoms with Gasteiger partial charge >= 0.3 is 0 Å². The molecular formula is C22H28N2O4. The molecule has 1 aliphatic rings. The molecule has 0 radical (unpaired) electrons. The molecular weight excluding hydrogens is 356 g/mol. The normalized spacial score (nSPS) is 18.9. The third kappa shape index (κ3) is 4.62. The van der Waals surface area contributed by atoms with Gasteiger partial charge in [-0.2, -0.15) is 0 Å². The van der Waals surface area contributed by atoms with Crippen molar-refractivity contribution in [3.05, 3.63) is 42.0 Å². The molecule has 6 heteroatoms. The average molecular weight is 384 g/mol. The van der Waals surface area contributed by atoms with Crippen molar-refractivity contribution in [1.82, 2.24) is 10.6 Å². The average Bonchev–Trinajstić information content (AvgIpc) is 3.08. The van der Waals surface area contributed by atoms with Crippen LogP contribution in [-0.4, -0.2) is 42.7 Å². The summed E-state index contributed by atoms with van der Waals surface area (Å²) >= 11 is 0.